The van der Waals surface area contributed by atoms with E-state index in [0.717, 1.165) is 37.0 Å². The van der Waals surface area contributed by atoms with Crippen LogP contribution in [-0.2, 0) is 16.1 Å². The molecule has 9 nitrogen and oxygen atoms in total. The fraction of sp³-hybridized carbons (Fsp3) is 0.474. The topological polar surface area (TPSA) is 106 Å². The van der Waals surface area contributed by atoms with Gasteiger partial charge in [0.15, 0.2) is 0 Å². The number of carbonyl (C=O) groups is 3. The summed E-state index contributed by atoms with van der Waals surface area (Å²) in [7, 11) is 0. The lowest BCUT2D eigenvalue weighted by Crippen LogP contribution is -2.40. The van der Waals surface area contributed by atoms with Crippen LogP contribution in [0.25, 0.3) is 11.0 Å². The maximum absolute atomic E-state index is 12.5. The van der Waals surface area contributed by atoms with Gasteiger partial charge in [0.05, 0.1) is 24.0 Å². The molecule has 1 fully saturated rings. The number of esters is 1. The van der Waals surface area contributed by atoms with Gasteiger partial charge in [0, 0.05) is 31.7 Å². The third kappa shape index (κ3) is 4.79. The number of urea groups is 1. The van der Waals surface area contributed by atoms with Gasteiger partial charge in [0.2, 0.25) is 0 Å². The molecule has 1 aliphatic rings. The summed E-state index contributed by atoms with van der Waals surface area (Å²) in [6.45, 7) is 4.34. The summed E-state index contributed by atoms with van der Waals surface area (Å²) in [5.41, 5.74) is 2.29. The zero-order valence-corrected chi connectivity index (χ0v) is 15.9. The van der Waals surface area contributed by atoms with E-state index >= 15 is 0 Å². The van der Waals surface area contributed by atoms with Crippen LogP contribution in [-0.4, -0.2) is 65.1 Å². The second-order valence-electron chi connectivity index (χ2n) is 6.56. The number of nitrogens with one attached hydrogen (secondary N) is 2. The molecule has 0 unspecified atom stereocenters. The first-order valence-corrected chi connectivity index (χ1v) is 9.50. The van der Waals surface area contributed by atoms with Crippen molar-refractivity contribution in [1.29, 1.82) is 0 Å². The smallest absolute Gasteiger partial charge is 0.325 e. The van der Waals surface area contributed by atoms with E-state index in [1.807, 2.05) is 27.7 Å². The van der Waals surface area contributed by atoms with Gasteiger partial charge in [-0.3, -0.25) is 9.59 Å². The van der Waals surface area contributed by atoms with Crippen LogP contribution in [0.1, 0.15) is 30.1 Å². The number of amides is 3. The Morgan fingerprint density at radius 3 is 2.71 bits per heavy atom. The molecule has 2 N–H and O–H groups in total. The molecule has 28 heavy (non-hydrogen) atoms. The first-order chi connectivity index (χ1) is 13.6. The monoisotopic (exact) mass is 387 g/mol. The highest BCUT2D eigenvalue weighted by molar-refractivity contribution is 5.97. The van der Waals surface area contributed by atoms with Gasteiger partial charge in [-0.15, -0.1) is 0 Å². The number of ether oxygens (including phenoxy) is 1. The van der Waals surface area contributed by atoms with Gasteiger partial charge in [-0.25, -0.2) is 9.78 Å². The fourth-order valence-corrected chi connectivity index (χ4v) is 3.19. The van der Waals surface area contributed by atoms with Crippen LogP contribution in [0.5, 0.6) is 0 Å². The number of imidazole rings is 1. The molecular weight excluding hydrogens is 362 g/mol. The molecule has 150 valence electrons. The van der Waals surface area contributed by atoms with Crippen molar-refractivity contribution in [3.63, 3.8) is 0 Å². The number of nitrogens with zero attached hydrogens (tertiary/aromatic N) is 3. The Morgan fingerprint density at radius 1 is 1.18 bits per heavy atom. The Hall–Kier alpha value is -3.10. The molecule has 0 bridgehead atoms. The molecule has 0 atom stereocenters. The quantitative estimate of drug-likeness (QED) is 0.693. The van der Waals surface area contributed by atoms with Crippen molar-refractivity contribution in [2.24, 2.45) is 0 Å². The number of rotatable bonds is 7. The number of hydrogen-bond acceptors (Lipinski definition) is 5. The van der Waals surface area contributed by atoms with Gasteiger partial charge in [0.1, 0.15) is 6.54 Å². The molecule has 2 heterocycles. The summed E-state index contributed by atoms with van der Waals surface area (Å²) in [5, 5.41) is 5.12. The lowest BCUT2D eigenvalue weighted by Gasteiger charge is -2.15. The van der Waals surface area contributed by atoms with Crippen molar-refractivity contribution >= 4 is 28.9 Å². The number of likely N-dealkylation sites (tertiary alicyclic amines) is 1. The highest BCUT2D eigenvalue weighted by Crippen LogP contribution is 2.18. The maximum Gasteiger partial charge on any atom is 0.325 e. The van der Waals surface area contributed by atoms with Crippen LogP contribution < -0.4 is 10.6 Å². The second kappa shape index (κ2) is 9.20. The van der Waals surface area contributed by atoms with Crippen molar-refractivity contribution in [1.82, 2.24) is 25.1 Å². The Morgan fingerprint density at radius 2 is 1.96 bits per heavy atom. The molecule has 2 aromatic rings. The van der Waals surface area contributed by atoms with E-state index in [1.54, 1.807) is 13.3 Å². The first-order valence-electron chi connectivity index (χ1n) is 9.50. The summed E-state index contributed by atoms with van der Waals surface area (Å²) in [6, 6.07) is 5.08. The minimum atomic E-state index is -0.475. The molecule has 9 heteroatoms. The molecule has 3 amide bonds. The van der Waals surface area contributed by atoms with Gasteiger partial charge in [-0.2, -0.15) is 0 Å². The Balaban J connectivity index is 1.52. The zero-order valence-electron chi connectivity index (χ0n) is 15.9. The average molecular weight is 387 g/mol. The number of fused-ring (bicyclic) bond motifs is 1. The van der Waals surface area contributed by atoms with E-state index in [9.17, 15) is 14.4 Å². The minimum absolute atomic E-state index is 0.0499. The number of aromatic nitrogens is 2. The number of hydrogen-bond donors (Lipinski definition) is 2. The van der Waals surface area contributed by atoms with E-state index in [1.165, 1.54) is 0 Å². The highest BCUT2D eigenvalue weighted by atomic mass is 16.5. The summed E-state index contributed by atoms with van der Waals surface area (Å²) in [4.78, 5) is 41.6. The molecule has 3 rings (SSSR count). The van der Waals surface area contributed by atoms with E-state index in [-0.39, 0.29) is 19.1 Å². The van der Waals surface area contributed by atoms with Gasteiger partial charge in [0.25, 0.3) is 5.91 Å². The second-order valence-corrected chi connectivity index (χ2v) is 6.56. The fourth-order valence-electron chi connectivity index (χ4n) is 3.19. The van der Waals surface area contributed by atoms with Crippen molar-refractivity contribution in [2.45, 2.75) is 26.3 Å². The molecule has 0 spiro atoms. The SMILES string of the molecule is CCOC(=O)CNC(=O)NCCn1cnc2cc(C(=O)N3CCCC3)ccc21. The van der Waals surface area contributed by atoms with Crippen LogP contribution in [0.4, 0.5) is 4.79 Å². The maximum atomic E-state index is 12.5. The number of carbonyl (C=O) groups excluding carboxylic acids is 3. The van der Waals surface area contributed by atoms with Crippen molar-refractivity contribution in [3.8, 4) is 0 Å². The molecule has 0 aliphatic carbocycles. The molecule has 1 aromatic heterocycles. The van der Waals surface area contributed by atoms with Gasteiger partial charge >= 0.3 is 12.0 Å². The van der Waals surface area contributed by atoms with Crippen LogP contribution in [0.2, 0.25) is 0 Å². The average Bonchev–Trinajstić information content (AvgIpc) is 3.36. The van der Waals surface area contributed by atoms with Crippen molar-refractivity contribution in [3.05, 3.63) is 30.1 Å². The Kier molecular flexibility index (Phi) is 6.46. The van der Waals surface area contributed by atoms with E-state index in [0.29, 0.717) is 18.7 Å². The Labute approximate surface area is 163 Å². The van der Waals surface area contributed by atoms with Crippen LogP contribution in [0.3, 0.4) is 0 Å². The summed E-state index contributed by atoms with van der Waals surface area (Å²) in [6.07, 6.45) is 3.80. The standard InChI is InChI=1S/C19H25N5O4/c1-2-28-17(25)12-21-19(27)20-7-10-24-13-22-15-11-14(5-6-16(15)24)18(26)23-8-3-4-9-23/h5-6,11,13H,2-4,7-10,12H2,1H3,(H2,20,21,27). The molecule has 0 radical (unpaired) electrons. The Bertz CT molecular complexity index is 857. The summed E-state index contributed by atoms with van der Waals surface area (Å²) in [5.74, 6) is -0.425. The summed E-state index contributed by atoms with van der Waals surface area (Å²) >= 11 is 0. The molecule has 1 aromatic carbocycles. The predicted octanol–water partition coefficient (Wildman–Crippen LogP) is 1.13. The largest absolute Gasteiger partial charge is 0.465 e. The van der Waals surface area contributed by atoms with Crippen LogP contribution in [0, 0.1) is 0 Å². The van der Waals surface area contributed by atoms with Gasteiger partial charge < -0.3 is 24.8 Å². The van der Waals surface area contributed by atoms with E-state index in [2.05, 4.69) is 15.6 Å². The van der Waals surface area contributed by atoms with Crippen molar-refractivity contribution in [2.75, 3.05) is 32.8 Å². The first kappa shape index (κ1) is 19.7. The molecule has 1 saturated heterocycles. The zero-order chi connectivity index (χ0) is 19.9. The molecule has 0 saturated carbocycles. The lowest BCUT2D eigenvalue weighted by molar-refractivity contribution is -0.141. The summed E-state index contributed by atoms with van der Waals surface area (Å²) < 4.78 is 6.65. The van der Waals surface area contributed by atoms with Crippen LogP contribution >= 0.6 is 0 Å². The predicted molar refractivity (Wildman–Crippen MR) is 103 cm³/mol. The van der Waals surface area contributed by atoms with E-state index in [4.69, 9.17) is 4.74 Å². The normalized spacial score (nSPS) is 13.5. The number of benzene rings is 1. The third-order valence-corrected chi connectivity index (χ3v) is 4.60. The third-order valence-electron chi connectivity index (χ3n) is 4.60. The van der Waals surface area contributed by atoms with Gasteiger partial charge in [-0.05, 0) is 38.0 Å². The van der Waals surface area contributed by atoms with Crippen LogP contribution in [0.15, 0.2) is 24.5 Å². The minimum Gasteiger partial charge on any atom is -0.465 e. The van der Waals surface area contributed by atoms with Gasteiger partial charge in [-0.1, -0.05) is 0 Å². The highest BCUT2D eigenvalue weighted by Gasteiger charge is 2.20. The molecule has 1 aliphatic heterocycles. The van der Waals surface area contributed by atoms with Crippen molar-refractivity contribution < 1.29 is 19.1 Å². The lowest BCUT2D eigenvalue weighted by atomic mass is 10.1. The molecular formula is C19H25N5O4. The van der Waals surface area contributed by atoms with E-state index < -0.39 is 12.0 Å².